The minimum Gasteiger partial charge on any atom is -0.310 e. The molecule has 0 heterocycles. The number of benzene rings is 5. The molecule has 5 aromatic rings. The molecule has 0 atom stereocenters. The second kappa shape index (κ2) is 8.17. The highest BCUT2D eigenvalue weighted by atomic mass is 79.9. The van der Waals surface area contributed by atoms with Gasteiger partial charge in [-0.05, 0) is 64.4 Å². The third-order valence-corrected chi connectivity index (χ3v) is 5.78. The maximum atomic E-state index is 3.63. The SMILES string of the molecule is Brc1cccc(N(c2ccccc2)c2cccc(-c3cccc4ccccc34)c2)c1. The van der Waals surface area contributed by atoms with Crippen LogP contribution in [0.15, 0.2) is 126 Å². The van der Waals surface area contributed by atoms with Crippen LogP contribution in [-0.4, -0.2) is 0 Å². The smallest absolute Gasteiger partial charge is 0.0472 e. The Bertz CT molecular complexity index is 1310. The minimum atomic E-state index is 1.06. The fourth-order valence-corrected chi connectivity index (χ4v) is 4.32. The first-order valence-corrected chi connectivity index (χ1v) is 10.8. The van der Waals surface area contributed by atoms with Crippen LogP contribution in [0.4, 0.5) is 17.1 Å². The molecule has 0 amide bonds. The fraction of sp³-hybridized carbons (Fsp3) is 0. The van der Waals surface area contributed by atoms with E-state index < -0.39 is 0 Å². The van der Waals surface area contributed by atoms with Crippen molar-refractivity contribution in [3.05, 3.63) is 126 Å². The number of hydrogen-bond acceptors (Lipinski definition) is 1. The molecule has 0 radical (unpaired) electrons. The Morgan fingerprint density at radius 2 is 1.13 bits per heavy atom. The Balaban J connectivity index is 1.68. The first kappa shape index (κ1) is 18.7. The van der Waals surface area contributed by atoms with Crippen LogP contribution in [0.5, 0.6) is 0 Å². The van der Waals surface area contributed by atoms with Gasteiger partial charge in [-0.15, -0.1) is 0 Å². The number of hydrogen-bond donors (Lipinski definition) is 0. The Hall–Kier alpha value is -3.36. The first-order valence-electron chi connectivity index (χ1n) is 9.98. The minimum absolute atomic E-state index is 1.06. The molecular formula is C28H20BrN. The molecule has 0 aliphatic heterocycles. The Labute approximate surface area is 185 Å². The molecule has 0 saturated heterocycles. The van der Waals surface area contributed by atoms with Crippen molar-refractivity contribution >= 4 is 43.8 Å². The molecule has 0 aliphatic rings. The molecule has 5 rings (SSSR count). The fourth-order valence-electron chi connectivity index (χ4n) is 3.93. The van der Waals surface area contributed by atoms with E-state index in [4.69, 9.17) is 0 Å². The summed E-state index contributed by atoms with van der Waals surface area (Å²) in [4.78, 5) is 2.29. The monoisotopic (exact) mass is 449 g/mol. The molecule has 0 spiro atoms. The van der Waals surface area contributed by atoms with E-state index >= 15 is 0 Å². The third kappa shape index (κ3) is 3.62. The van der Waals surface area contributed by atoms with Gasteiger partial charge in [0.15, 0.2) is 0 Å². The second-order valence-corrected chi connectivity index (χ2v) is 8.14. The number of para-hydroxylation sites is 1. The number of anilines is 3. The van der Waals surface area contributed by atoms with Gasteiger partial charge < -0.3 is 4.90 Å². The Kier molecular flexibility index (Phi) is 5.08. The number of halogens is 1. The lowest BCUT2D eigenvalue weighted by Gasteiger charge is -2.26. The lowest BCUT2D eigenvalue weighted by Crippen LogP contribution is -2.09. The van der Waals surface area contributed by atoms with Crippen LogP contribution in [0.3, 0.4) is 0 Å². The lowest BCUT2D eigenvalue weighted by atomic mass is 9.97. The zero-order chi connectivity index (χ0) is 20.3. The largest absolute Gasteiger partial charge is 0.310 e. The van der Waals surface area contributed by atoms with E-state index in [0.29, 0.717) is 0 Å². The summed E-state index contributed by atoms with van der Waals surface area (Å²) < 4.78 is 1.06. The summed E-state index contributed by atoms with van der Waals surface area (Å²) in [7, 11) is 0. The number of rotatable bonds is 4. The van der Waals surface area contributed by atoms with Gasteiger partial charge in [0.25, 0.3) is 0 Å². The maximum absolute atomic E-state index is 3.63. The van der Waals surface area contributed by atoms with Crippen LogP contribution in [0.2, 0.25) is 0 Å². The van der Waals surface area contributed by atoms with Gasteiger partial charge in [-0.2, -0.15) is 0 Å². The maximum Gasteiger partial charge on any atom is 0.0472 e. The van der Waals surface area contributed by atoms with Crippen molar-refractivity contribution in [2.75, 3.05) is 4.90 Å². The Morgan fingerprint density at radius 1 is 0.500 bits per heavy atom. The highest BCUT2D eigenvalue weighted by molar-refractivity contribution is 9.10. The van der Waals surface area contributed by atoms with Crippen LogP contribution in [0.1, 0.15) is 0 Å². The molecule has 0 unspecified atom stereocenters. The topological polar surface area (TPSA) is 3.24 Å². The molecule has 0 bridgehead atoms. The molecule has 0 aromatic heterocycles. The van der Waals surface area contributed by atoms with Crippen LogP contribution >= 0.6 is 15.9 Å². The van der Waals surface area contributed by atoms with Crippen molar-refractivity contribution in [2.24, 2.45) is 0 Å². The summed E-state index contributed by atoms with van der Waals surface area (Å²) in [5.74, 6) is 0. The molecule has 0 saturated carbocycles. The van der Waals surface area contributed by atoms with Gasteiger partial charge in [-0.25, -0.2) is 0 Å². The molecule has 0 aliphatic carbocycles. The van der Waals surface area contributed by atoms with Crippen molar-refractivity contribution in [1.29, 1.82) is 0 Å². The van der Waals surface area contributed by atoms with E-state index in [9.17, 15) is 0 Å². The average molecular weight is 450 g/mol. The summed E-state index contributed by atoms with van der Waals surface area (Å²) in [5, 5.41) is 2.53. The standard InChI is InChI=1S/C28H20BrN/c29-23-12-8-16-26(20-23)30(24-13-2-1-3-14-24)25-15-6-11-22(19-25)28-18-7-10-21-9-4-5-17-27(21)28/h1-20H. The summed E-state index contributed by atoms with van der Waals surface area (Å²) in [5.41, 5.74) is 5.83. The van der Waals surface area contributed by atoms with Gasteiger partial charge in [-0.3, -0.25) is 0 Å². The van der Waals surface area contributed by atoms with E-state index in [1.54, 1.807) is 0 Å². The molecule has 0 fully saturated rings. The predicted octanol–water partition coefficient (Wildman–Crippen LogP) is 8.74. The molecule has 144 valence electrons. The van der Waals surface area contributed by atoms with E-state index in [-0.39, 0.29) is 0 Å². The first-order chi connectivity index (χ1) is 14.8. The van der Waals surface area contributed by atoms with Crippen LogP contribution in [0, 0.1) is 0 Å². The van der Waals surface area contributed by atoms with E-state index in [1.807, 2.05) is 0 Å². The van der Waals surface area contributed by atoms with Crippen molar-refractivity contribution < 1.29 is 0 Å². The van der Waals surface area contributed by atoms with Crippen molar-refractivity contribution in [2.45, 2.75) is 0 Å². The Morgan fingerprint density at radius 3 is 1.97 bits per heavy atom. The highest BCUT2D eigenvalue weighted by Gasteiger charge is 2.14. The summed E-state index contributed by atoms with van der Waals surface area (Å²) in [6.45, 7) is 0. The molecular weight excluding hydrogens is 430 g/mol. The van der Waals surface area contributed by atoms with Gasteiger partial charge in [0, 0.05) is 21.5 Å². The molecule has 30 heavy (non-hydrogen) atoms. The van der Waals surface area contributed by atoms with Gasteiger partial charge >= 0.3 is 0 Å². The number of fused-ring (bicyclic) bond motifs is 1. The zero-order valence-corrected chi connectivity index (χ0v) is 18.0. The van der Waals surface area contributed by atoms with Crippen molar-refractivity contribution in [3.8, 4) is 11.1 Å². The van der Waals surface area contributed by atoms with Gasteiger partial charge in [0.2, 0.25) is 0 Å². The van der Waals surface area contributed by atoms with Gasteiger partial charge in [0.05, 0.1) is 0 Å². The van der Waals surface area contributed by atoms with E-state index in [0.717, 1.165) is 21.5 Å². The molecule has 5 aromatic carbocycles. The molecule has 1 nitrogen and oxygen atoms in total. The zero-order valence-electron chi connectivity index (χ0n) is 16.4. The molecule has 2 heteroatoms. The third-order valence-electron chi connectivity index (χ3n) is 5.29. The lowest BCUT2D eigenvalue weighted by molar-refractivity contribution is 1.28. The van der Waals surface area contributed by atoms with Crippen LogP contribution in [-0.2, 0) is 0 Å². The summed E-state index contributed by atoms with van der Waals surface area (Å²) in [6, 6.07) is 42.7. The average Bonchev–Trinajstić information content (AvgIpc) is 2.80. The normalized spacial score (nSPS) is 10.8. The van der Waals surface area contributed by atoms with Crippen molar-refractivity contribution in [3.63, 3.8) is 0 Å². The quantitative estimate of drug-likeness (QED) is 0.265. The van der Waals surface area contributed by atoms with E-state index in [1.165, 1.54) is 21.9 Å². The van der Waals surface area contributed by atoms with E-state index in [2.05, 4.69) is 142 Å². The summed E-state index contributed by atoms with van der Waals surface area (Å²) in [6.07, 6.45) is 0. The van der Waals surface area contributed by atoms with Crippen LogP contribution < -0.4 is 4.90 Å². The molecule has 0 N–H and O–H groups in total. The predicted molar refractivity (Wildman–Crippen MR) is 132 cm³/mol. The van der Waals surface area contributed by atoms with Crippen LogP contribution in [0.25, 0.3) is 21.9 Å². The summed E-state index contributed by atoms with van der Waals surface area (Å²) >= 11 is 3.63. The second-order valence-electron chi connectivity index (χ2n) is 7.23. The highest BCUT2D eigenvalue weighted by Crippen LogP contribution is 2.38. The van der Waals surface area contributed by atoms with Crippen molar-refractivity contribution in [1.82, 2.24) is 0 Å². The number of nitrogens with zero attached hydrogens (tertiary/aromatic N) is 1. The van der Waals surface area contributed by atoms with Gasteiger partial charge in [-0.1, -0.05) is 94.8 Å². The van der Waals surface area contributed by atoms with Gasteiger partial charge in [0.1, 0.15) is 0 Å².